The Labute approximate surface area is 194 Å². The van der Waals surface area contributed by atoms with Crippen molar-refractivity contribution in [2.45, 2.75) is 26.3 Å². The summed E-state index contributed by atoms with van der Waals surface area (Å²) in [5.74, 6) is 1.14. The van der Waals surface area contributed by atoms with E-state index >= 15 is 0 Å². The van der Waals surface area contributed by atoms with Gasteiger partial charge in [0.05, 0.1) is 18.4 Å². The number of nitrogens with zero attached hydrogens (tertiary/aromatic N) is 3. The maximum Gasteiger partial charge on any atom is 0.416 e. The molecule has 0 unspecified atom stereocenters. The number of carbonyl (C=O) groups excluding carboxylic acids is 1. The van der Waals surface area contributed by atoms with Gasteiger partial charge in [0.2, 0.25) is 0 Å². The van der Waals surface area contributed by atoms with Crippen LogP contribution in [0.4, 0.5) is 23.7 Å². The molecule has 0 radical (unpaired) electrons. The van der Waals surface area contributed by atoms with Crippen molar-refractivity contribution in [1.82, 2.24) is 15.2 Å². The second-order valence-electron chi connectivity index (χ2n) is 8.07. The average molecular weight is 474 g/mol. The average Bonchev–Trinajstić information content (AvgIpc) is 3.28. The molecule has 4 rings (SSSR count). The lowest BCUT2D eigenvalue weighted by Gasteiger charge is -2.36. The third-order valence-corrected chi connectivity index (χ3v) is 5.78. The molecule has 0 saturated carbocycles. The van der Waals surface area contributed by atoms with E-state index in [9.17, 15) is 23.1 Å². The van der Waals surface area contributed by atoms with E-state index in [1.54, 1.807) is 24.1 Å². The maximum atomic E-state index is 12.9. The fourth-order valence-electron chi connectivity index (χ4n) is 3.95. The number of benzene rings is 2. The largest absolute Gasteiger partial charge is 0.441 e. The highest BCUT2D eigenvalue weighted by Crippen LogP contribution is 2.30. The molecule has 2 amide bonds. The zero-order valence-corrected chi connectivity index (χ0v) is 18.6. The molecule has 34 heavy (non-hydrogen) atoms. The van der Waals surface area contributed by atoms with Crippen LogP contribution in [-0.4, -0.2) is 47.2 Å². The quantitative estimate of drug-likeness (QED) is 0.580. The number of amides is 2. The van der Waals surface area contributed by atoms with Crippen molar-refractivity contribution >= 4 is 11.7 Å². The summed E-state index contributed by atoms with van der Waals surface area (Å²) in [4.78, 5) is 20.4. The van der Waals surface area contributed by atoms with Crippen molar-refractivity contribution in [1.29, 1.82) is 0 Å². The number of oxazole rings is 1. The Hall–Kier alpha value is -3.53. The van der Waals surface area contributed by atoms with Gasteiger partial charge in [-0.25, -0.2) is 9.78 Å². The van der Waals surface area contributed by atoms with Crippen LogP contribution < -0.4 is 10.2 Å². The number of urea groups is 1. The van der Waals surface area contributed by atoms with Crippen LogP contribution >= 0.6 is 0 Å². The van der Waals surface area contributed by atoms with E-state index in [0.29, 0.717) is 43.4 Å². The number of anilines is 1. The van der Waals surface area contributed by atoms with E-state index in [0.717, 1.165) is 28.9 Å². The maximum absolute atomic E-state index is 12.9. The summed E-state index contributed by atoms with van der Waals surface area (Å²) in [6.45, 7) is 3.72. The molecule has 1 aliphatic rings. The molecular weight excluding hydrogens is 449 g/mol. The molecule has 2 N–H and O–H groups in total. The Morgan fingerprint density at radius 2 is 1.91 bits per heavy atom. The van der Waals surface area contributed by atoms with Gasteiger partial charge in [0, 0.05) is 50.9 Å². The summed E-state index contributed by atoms with van der Waals surface area (Å²) in [5.41, 5.74) is 2.07. The minimum Gasteiger partial charge on any atom is -0.441 e. The molecule has 10 heteroatoms. The van der Waals surface area contributed by atoms with Gasteiger partial charge >= 0.3 is 12.2 Å². The summed E-state index contributed by atoms with van der Waals surface area (Å²) in [6.07, 6.45) is -2.79. The Bertz CT molecular complexity index is 1150. The molecule has 7 nitrogen and oxygen atoms in total. The van der Waals surface area contributed by atoms with E-state index in [1.807, 2.05) is 18.2 Å². The number of aryl methyl sites for hydroxylation is 1. The van der Waals surface area contributed by atoms with Crippen LogP contribution in [-0.2, 0) is 19.3 Å². The lowest BCUT2D eigenvalue weighted by atomic mass is 10.0. The molecule has 0 atom stereocenters. The molecule has 1 aliphatic heterocycles. The number of aromatic nitrogens is 1. The van der Waals surface area contributed by atoms with Gasteiger partial charge in [0.15, 0.2) is 11.7 Å². The molecule has 0 bridgehead atoms. The number of halogens is 3. The van der Waals surface area contributed by atoms with Crippen molar-refractivity contribution in [3.63, 3.8) is 0 Å². The van der Waals surface area contributed by atoms with Gasteiger partial charge in [-0.2, -0.15) is 13.2 Å². The predicted molar refractivity (Wildman–Crippen MR) is 120 cm³/mol. The van der Waals surface area contributed by atoms with Gasteiger partial charge in [-0.05, 0) is 41.5 Å². The summed E-state index contributed by atoms with van der Waals surface area (Å²) in [6, 6.07) is 10.3. The molecule has 0 spiro atoms. The first-order chi connectivity index (χ1) is 16.2. The second kappa shape index (κ2) is 9.76. The van der Waals surface area contributed by atoms with E-state index in [-0.39, 0.29) is 19.2 Å². The molecule has 180 valence electrons. The van der Waals surface area contributed by atoms with Crippen LogP contribution in [0, 0.1) is 6.92 Å². The van der Waals surface area contributed by atoms with Gasteiger partial charge in [-0.15, -0.1) is 0 Å². The molecule has 1 saturated heterocycles. The number of aliphatic hydroxyl groups excluding tert-OH is 1. The van der Waals surface area contributed by atoms with Crippen LogP contribution in [0.1, 0.15) is 22.6 Å². The predicted octanol–water partition coefficient (Wildman–Crippen LogP) is 4.19. The number of aliphatic hydroxyl groups is 1. The smallest absolute Gasteiger partial charge is 0.416 e. The van der Waals surface area contributed by atoms with E-state index in [4.69, 9.17) is 4.42 Å². The van der Waals surface area contributed by atoms with Crippen LogP contribution in [0.2, 0.25) is 0 Å². The standard InChI is InChI=1S/C24H25F3N4O3/c1-16-28-14-22(34-16)21-6-5-20(12-18(21)15-32)30-7-9-31(10-8-30)23(33)29-13-17-3-2-4-19(11-17)24(25,26)27/h2-6,11-12,14,32H,7-10,13,15H2,1H3,(H,29,33). The SMILES string of the molecule is Cc1ncc(-c2ccc(N3CCN(C(=O)NCc4cccc(C(F)(F)F)c4)CC3)cc2CO)o1. The first-order valence-electron chi connectivity index (χ1n) is 10.8. The van der Waals surface area contributed by atoms with Crippen molar-refractivity contribution in [2.75, 3.05) is 31.1 Å². The van der Waals surface area contributed by atoms with Crippen LogP contribution in [0.3, 0.4) is 0 Å². The lowest BCUT2D eigenvalue weighted by Crippen LogP contribution is -2.51. The summed E-state index contributed by atoms with van der Waals surface area (Å²) in [5, 5.41) is 12.5. The fraction of sp³-hybridized carbons (Fsp3) is 0.333. The summed E-state index contributed by atoms with van der Waals surface area (Å²) < 4.78 is 44.2. The van der Waals surface area contributed by atoms with Crippen molar-refractivity contribution in [2.24, 2.45) is 0 Å². The first-order valence-corrected chi connectivity index (χ1v) is 10.8. The topological polar surface area (TPSA) is 81.8 Å². The van der Waals surface area contributed by atoms with Gasteiger partial charge < -0.3 is 24.6 Å². The number of hydrogen-bond donors (Lipinski definition) is 2. The van der Waals surface area contributed by atoms with E-state index in [2.05, 4.69) is 15.2 Å². The second-order valence-corrected chi connectivity index (χ2v) is 8.07. The monoisotopic (exact) mass is 474 g/mol. The number of carbonyl (C=O) groups is 1. The first kappa shape index (κ1) is 23.6. The highest BCUT2D eigenvalue weighted by molar-refractivity contribution is 5.74. The molecule has 2 heterocycles. The van der Waals surface area contributed by atoms with E-state index < -0.39 is 11.7 Å². The van der Waals surface area contributed by atoms with Crippen LogP contribution in [0.5, 0.6) is 0 Å². The zero-order valence-electron chi connectivity index (χ0n) is 18.6. The van der Waals surface area contributed by atoms with Gasteiger partial charge in [-0.3, -0.25) is 0 Å². The molecule has 2 aromatic carbocycles. The van der Waals surface area contributed by atoms with Gasteiger partial charge in [0.1, 0.15) is 0 Å². The molecule has 0 aliphatic carbocycles. The highest BCUT2D eigenvalue weighted by atomic mass is 19.4. The van der Waals surface area contributed by atoms with Crippen LogP contribution in [0.15, 0.2) is 53.1 Å². The Balaban J connectivity index is 1.34. The van der Waals surface area contributed by atoms with Crippen LogP contribution in [0.25, 0.3) is 11.3 Å². The number of nitrogens with one attached hydrogen (secondary N) is 1. The lowest BCUT2D eigenvalue weighted by molar-refractivity contribution is -0.137. The molecular formula is C24H25F3N4O3. The molecule has 1 aromatic heterocycles. The summed E-state index contributed by atoms with van der Waals surface area (Å²) in [7, 11) is 0. The number of alkyl halides is 3. The Morgan fingerprint density at radius 1 is 1.15 bits per heavy atom. The van der Waals surface area contributed by atoms with Crippen molar-refractivity contribution < 1.29 is 27.5 Å². The van der Waals surface area contributed by atoms with Gasteiger partial charge in [0.25, 0.3) is 0 Å². The third kappa shape index (κ3) is 5.33. The summed E-state index contributed by atoms with van der Waals surface area (Å²) >= 11 is 0. The normalized spacial score (nSPS) is 14.4. The number of hydrogen-bond acceptors (Lipinski definition) is 5. The minimum absolute atomic E-state index is 0.0192. The fourth-order valence-corrected chi connectivity index (χ4v) is 3.95. The molecule has 1 fully saturated rings. The van der Waals surface area contributed by atoms with E-state index in [1.165, 1.54) is 6.07 Å². The zero-order chi connectivity index (χ0) is 24.3. The minimum atomic E-state index is -4.42. The van der Waals surface area contributed by atoms with Crippen molar-refractivity contribution in [3.8, 4) is 11.3 Å². The Kier molecular flexibility index (Phi) is 6.78. The highest BCUT2D eigenvalue weighted by Gasteiger charge is 2.30. The third-order valence-electron chi connectivity index (χ3n) is 5.78. The van der Waals surface area contributed by atoms with Gasteiger partial charge in [-0.1, -0.05) is 12.1 Å². The van der Waals surface area contributed by atoms with Crippen molar-refractivity contribution in [3.05, 3.63) is 71.2 Å². The molecule has 3 aromatic rings. The number of rotatable bonds is 5. The number of piperazine rings is 1. The Morgan fingerprint density at radius 3 is 2.56 bits per heavy atom.